The summed E-state index contributed by atoms with van der Waals surface area (Å²) in [7, 11) is 0. The monoisotopic (exact) mass is 363 g/mol. The van der Waals surface area contributed by atoms with Gasteiger partial charge in [-0.05, 0) is 31.5 Å². The third kappa shape index (κ3) is 5.23. The summed E-state index contributed by atoms with van der Waals surface area (Å²) in [4.78, 5) is 24.8. The number of carbonyl (C=O) groups excluding carboxylic acids is 2. The number of aromatic nitrogens is 2. The fraction of sp³-hybridized carbons (Fsp3) is 0.294. The highest BCUT2D eigenvalue weighted by Crippen LogP contribution is 2.17. The lowest BCUT2D eigenvalue weighted by Crippen LogP contribution is -2.30. The molecule has 0 spiro atoms. The summed E-state index contributed by atoms with van der Waals surface area (Å²) in [6.45, 7) is 4.40. The van der Waals surface area contributed by atoms with Gasteiger partial charge in [0.15, 0.2) is 0 Å². The van der Waals surface area contributed by atoms with E-state index in [1.54, 1.807) is 37.3 Å². The Bertz CT molecular complexity index is 752. The molecule has 0 aliphatic carbocycles. The Morgan fingerprint density at radius 3 is 2.52 bits per heavy atom. The quantitative estimate of drug-likeness (QED) is 0.723. The van der Waals surface area contributed by atoms with Gasteiger partial charge in [0.05, 0.1) is 28.2 Å². The van der Waals surface area contributed by atoms with Gasteiger partial charge in [-0.1, -0.05) is 19.1 Å². The van der Waals surface area contributed by atoms with Gasteiger partial charge in [-0.3, -0.25) is 9.59 Å². The van der Waals surface area contributed by atoms with Gasteiger partial charge in [0.25, 0.3) is 11.8 Å². The molecule has 8 heteroatoms. The van der Waals surface area contributed by atoms with Gasteiger partial charge in [0, 0.05) is 13.1 Å². The molecule has 1 heterocycles. The Hall–Kier alpha value is -2.51. The van der Waals surface area contributed by atoms with Crippen molar-refractivity contribution in [2.45, 2.75) is 20.3 Å². The molecule has 0 saturated carbocycles. The first kappa shape index (κ1) is 20.5. The van der Waals surface area contributed by atoms with E-state index in [2.05, 4.69) is 20.8 Å². The first-order valence-corrected chi connectivity index (χ1v) is 7.78. The van der Waals surface area contributed by atoms with E-state index in [1.807, 2.05) is 6.92 Å². The predicted molar refractivity (Wildman–Crippen MR) is 99.2 cm³/mol. The summed E-state index contributed by atoms with van der Waals surface area (Å²) in [5.74, 6) is -0.597. The van der Waals surface area contributed by atoms with Crippen LogP contribution in [0.3, 0.4) is 0 Å². The molecule has 4 N–H and O–H groups in total. The number of nitrogens with zero attached hydrogens (tertiary/aromatic N) is 2. The largest absolute Gasteiger partial charge is 0.351 e. The molecule has 25 heavy (non-hydrogen) atoms. The number of nitrogens with two attached hydrogens (primary N) is 1. The Morgan fingerprint density at radius 2 is 1.84 bits per heavy atom. The molecule has 2 aromatic rings. The summed E-state index contributed by atoms with van der Waals surface area (Å²) in [6.07, 6.45) is 0.592. The van der Waals surface area contributed by atoms with Crippen molar-refractivity contribution in [3.05, 3.63) is 52.8 Å². The number of halogens is 1. The molecule has 1 aromatic heterocycles. The predicted octanol–water partition coefficient (Wildman–Crippen LogP) is 1.71. The zero-order chi connectivity index (χ0) is 17.5. The van der Waals surface area contributed by atoms with Crippen LogP contribution in [0.25, 0.3) is 0 Å². The number of amides is 2. The zero-order valence-corrected chi connectivity index (χ0v) is 15.0. The second-order valence-corrected chi connectivity index (χ2v) is 5.24. The molecule has 134 valence electrons. The number of hydrogen-bond donors (Lipinski definition) is 3. The summed E-state index contributed by atoms with van der Waals surface area (Å²) in [5.41, 5.74) is 7.96. The van der Waals surface area contributed by atoms with Gasteiger partial charge in [-0.2, -0.15) is 10.2 Å². The minimum Gasteiger partial charge on any atom is -0.351 e. The number of aryl methyl sites for hydroxylation is 2. The number of nitrogens with one attached hydrogen (secondary N) is 2. The second-order valence-electron chi connectivity index (χ2n) is 5.24. The third-order valence-electron chi connectivity index (χ3n) is 3.42. The summed E-state index contributed by atoms with van der Waals surface area (Å²) in [6, 6.07) is 8.52. The molecule has 0 bridgehead atoms. The van der Waals surface area contributed by atoms with Gasteiger partial charge in [0.2, 0.25) is 0 Å². The molecule has 0 saturated heterocycles. The SMILES string of the molecule is CCc1nnc(C)cc1C(=O)Nc1ccccc1C(=O)NCCN.Cl. The van der Waals surface area contributed by atoms with E-state index in [1.165, 1.54) is 0 Å². The molecule has 1 aromatic carbocycles. The van der Waals surface area contributed by atoms with Crippen LogP contribution in [0.4, 0.5) is 5.69 Å². The lowest BCUT2D eigenvalue weighted by atomic mass is 10.1. The Labute approximate surface area is 152 Å². The van der Waals surface area contributed by atoms with E-state index in [4.69, 9.17) is 5.73 Å². The maximum absolute atomic E-state index is 12.6. The molecule has 0 atom stereocenters. The number of para-hydroxylation sites is 1. The van der Waals surface area contributed by atoms with Crippen molar-refractivity contribution in [1.29, 1.82) is 0 Å². The van der Waals surface area contributed by atoms with Gasteiger partial charge in [0.1, 0.15) is 0 Å². The number of carbonyl (C=O) groups is 2. The maximum Gasteiger partial charge on any atom is 0.257 e. The molecule has 2 amide bonds. The van der Waals surface area contributed by atoms with Crippen LogP contribution in [0.5, 0.6) is 0 Å². The van der Waals surface area contributed by atoms with E-state index in [0.29, 0.717) is 47.7 Å². The Morgan fingerprint density at radius 1 is 1.12 bits per heavy atom. The van der Waals surface area contributed by atoms with Crippen LogP contribution >= 0.6 is 12.4 Å². The summed E-state index contributed by atoms with van der Waals surface area (Å²) in [5, 5.41) is 13.5. The van der Waals surface area contributed by atoms with E-state index in [0.717, 1.165) is 0 Å². The van der Waals surface area contributed by atoms with Crippen LogP contribution in [-0.2, 0) is 6.42 Å². The van der Waals surface area contributed by atoms with Gasteiger partial charge in [-0.25, -0.2) is 0 Å². The van der Waals surface area contributed by atoms with Crippen molar-refractivity contribution < 1.29 is 9.59 Å². The van der Waals surface area contributed by atoms with Crippen molar-refractivity contribution in [3.8, 4) is 0 Å². The van der Waals surface area contributed by atoms with Gasteiger partial charge >= 0.3 is 0 Å². The zero-order valence-electron chi connectivity index (χ0n) is 14.2. The fourth-order valence-electron chi connectivity index (χ4n) is 2.23. The smallest absolute Gasteiger partial charge is 0.257 e. The minimum atomic E-state index is -0.316. The van der Waals surface area contributed by atoms with E-state index >= 15 is 0 Å². The van der Waals surface area contributed by atoms with E-state index in [-0.39, 0.29) is 24.2 Å². The van der Waals surface area contributed by atoms with Crippen molar-refractivity contribution in [2.24, 2.45) is 5.73 Å². The number of benzene rings is 1. The van der Waals surface area contributed by atoms with Crippen LogP contribution in [0.2, 0.25) is 0 Å². The molecular weight excluding hydrogens is 342 g/mol. The average molecular weight is 364 g/mol. The highest BCUT2D eigenvalue weighted by Gasteiger charge is 2.16. The number of rotatable bonds is 6. The fourth-order valence-corrected chi connectivity index (χ4v) is 2.23. The van der Waals surface area contributed by atoms with Crippen LogP contribution in [0, 0.1) is 6.92 Å². The average Bonchev–Trinajstić information content (AvgIpc) is 2.60. The van der Waals surface area contributed by atoms with Gasteiger partial charge in [-0.15, -0.1) is 12.4 Å². The normalized spacial score (nSPS) is 9.88. The van der Waals surface area contributed by atoms with Crippen molar-refractivity contribution in [2.75, 3.05) is 18.4 Å². The number of hydrogen-bond acceptors (Lipinski definition) is 5. The lowest BCUT2D eigenvalue weighted by molar-refractivity contribution is 0.0955. The van der Waals surface area contributed by atoms with Crippen LogP contribution < -0.4 is 16.4 Å². The highest BCUT2D eigenvalue weighted by atomic mass is 35.5. The lowest BCUT2D eigenvalue weighted by Gasteiger charge is -2.12. The first-order chi connectivity index (χ1) is 11.6. The molecule has 2 rings (SSSR count). The molecule has 0 aliphatic rings. The molecule has 7 nitrogen and oxygen atoms in total. The summed E-state index contributed by atoms with van der Waals surface area (Å²) < 4.78 is 0. The van der Waals surface area contributed by atoms with Gasteiger partial charge < -0.3 is 16.4 Å². The van der Waals surface area contributed by atoms with Crippen molar-refractivity contribution in [3.63, 3.8) is 0 Å². The molecular formula is C17H22ClN5O2. The van der Waals surface area contributed by atoms with Crippen molar-refractivity contribution in [1.82, 2.24) is 15.5 Å². The van der Waals surface area contributed by atoms with E-state index in [9.17, 15) is 9.59 Å². The third-order valence-corrected chi connectivity index (χ3v) is 3.42. The second kappa shape index (κ2) is 9.71. The molecule has 0 unspecified atom stereocenters. The minimum absolute atomic E-state index is 0. The first-order valence-electron chi connectivity index (χ1n) is 7.78. The topological polar surface area (TPSA) is 110 Å². The number of anilines is 1. The van der Waals surface area contributed by atoms with Crippen molar-refractivity contribution >= 4 is 29.9 Å². The Balaban J connectivity index is 0.00000312. The highest BCUT2D eigenvalue weighted by molar-refractivity contribution is 6.09. The molecule has 0 fully saturated rings. The van der Waals surface area contributed by atoms with E-state index < -0.39 is 0 Å². The molecule has 0 radical (unpaired) electrons. The maximum atomic E-state index is 12.6. The standard InChI is InChI=1S/C17H21N5O2.ClH/c1-3-14-13(10-11(2)21-22-14)17(24)20-15-7-5-4-6-12(15)16(23)19-9-8-18;/h4-7,10H,3,8-9,18H2,1-2H3,(H,19,23)(H,20,24);1H. The van der Waals surface area contributed by atoms with Crippen LogP contribution in [0.15, 0.2) is 30.3 Å². The molecule has 0 aliphatic heterocycles. The van der Waals surface area contributed by atoms with Crippen LogP contribution in [-0.4, -0.2) is 35.1 Å². The summed E-state index contributed by atoms with van der Waals surface area (Å²) >= 11 is 0. The van der Waals surface area contributed by atoms with Crippen LogP contribution in [0.1, 0.15) is 39.0 Å². The Kier molecular flexibility index (Phi) is 7.97.